The Kier molecular flexibility index (Phi) is 4.26. The number of thiol groups is 1. The van der Waals surface area contributed by atoms with Gasteiger partial charge in [-0.05, 0) is 37.1 Å². The first-order chi connectivity index (χ1) is 5.65. The molecule has 0 aliphatic heterocycles. The van der Waals surface area contributed by atoms with E-state index in [1.54, 1.807) is 0 Å². The van der Waals surface area contributed by atoms with Crippen molar-refractivity contribution in [3.63, 3.8) is 0 Å². The van der Waals surface area contributed by atoms with Gasteiger partial charge < -0.3 is 0 Å². The number of thioether (sulfide) groups is 1. The highest BCUT2D eigenvalue weighted by atomic mass is 127. The Balaban J connectivity index is 3.05. The Labute approximate surface area is 97.1 Å². The summed E-state index contributed by atoms with van der Waals surface area (Å²) in [5, 5.41) is 0. The smallest absolute Gasteiger partial charge is 0.0502 e. The van der Waals surface area contributed by atoms with Gasteiger partial charge in [-0.3, -0.25) is 0 Å². The summed E-state index contributed by atoms with van der Waals surface area (Å²) >= 11 is 8.62. The Morgan fingerprint density at radius 1 is 1.33 bits per heavy atom. The number of alkyl halides is 1. The predicted octanol–water partition coefficient (Wildman–Crippen LogP) is 4.08. The van der Waals surface area contributed by atoms with Crippen LogP contribution in [0.5, 0.6) is 0 Å². The first kappa shape index (κ1) is 10.7. The molecule has 3 heteroatoms. The number of hydrogen-bond acceptors (Lipinski definition) is 2. The van der Waals surface area contributed by atoms with Crippen LogP contribution in [0.3, 0.4) is 0 Å². The fraction of sp³-hybridized carbons (Fsp3) is 0.333. The first-order valence-electron chi connectivity index (χ1n) is 3.64. The van der Waals surface area contributed by atoms with E-state index >= 15 is 0 Å². The number of aryl methyl sites for hydroxylation is 2. The van der Waals surface area contributed by atoms with Crippen LogP contribution in [0.2, 0.25) is 0 Å². The molecular formula is C9H11IS2. The van der Waals surface area contributed by atoms with E-state index in [1.807, 2.05) is 11.8 Å². The van der Waals surface area contributed by atoms with Crippen molar-refractivity contribution in [1.29, 1.82) is 0 Å². The van der Waals surface area contributed by atoms with Crippen LogP contribution < -0.4 is 0 Å². The highest BCUT2D eigenvalue weighted by Gasteiger charge is 2.01. The molecular weight excluding hydrogens is 299 g/mol. The summed E-state index contributed by atoms with van der Waals surface area (Å²) in [6.07, 6.45) is 0. The van der Waals surface area contributed by atoms with Crippen LogP contribution in [-0.4, -0.2) is 3.76 Å². The molecule has 1 rings (SSSR count). The molecule has 0 aliphatic rings. The van der Waals surface area contributed by atoms with Crippen molar-refractivity contribution in [3.8, 4) is 0 Å². The maximum absolute atomic E-state index is 4.42. The van der Waals surface area contributed by atoms with E-state index in [4.69, 9.17) is 0 Å². The molecule has 0 spiro atoms. The lowest BCUT2D eigenvalue weighted by Crippen LogP contribution is -1.83. The summed E-state index contributed by atoms with van der Waals surface area (Å²) in [5.41, 5.74) is 2.66. The van der Waals surface area contributed by atoms with E-state index in [2.05, 4.69) is 61.2 Å². The second-order valence-corrected chi connectivity index (χ2v) is 5.95. The lowest BCUT2D eigenvalue weighted by Gasteiger charge is -2.06. The van der Waals surface area contributed by atoms with Crippen LogP contribution in [0.4, 0.5) is 0 Å². The van der Waals surface area contributed by atoms with Gasteiger partial charge in [-0.15, -0.1) is 24.4 Å². The number of hydrogen-bond donors (Lipinski definition) is 1. The van der Waals surface area contributed by atoms with Crippen molar-refractivity contribution in [3.05, 3.63) is 23.3 Å². The summed E-state index contributed by atoms with van der Waals surface area (Å²) in [5.74, 6) is 0. The van der Waals surface area contributed by atoms with Crippen LogP contribution in [0.25, 0.3) is 0 Å². The van der Waals surface area contributed by atoms with Crippen LogP contribution in [0.1, 0.15) is 11.1 Å². The topological polar surface area (TPSA) is 0 Å². The number of rotatable bonds is 2. The van der Waals surface area contributed by atoms with E-state index in [1.165, 1.54) is 16.0 Å². The minimum atomic E-state index is 1.08. The molecule has 0 bridgehead atoms. The van der Waals surface area contributed by atoms with E-state index < -0.39 is 0 Å². The average Bonchev–Trinajstić information content (AvgIpc) is 2.01. The zero-order chi connectivity index (χ0) is 9.14. The van der Waals surface area contributed by atoms with Gasteiger partial charge in [0.2, 0.25) is 0 Å². The first-order valence-corrected chi connectivity index (χ1v) is 6.60. The third-order valence-electron chi connectivity index (χ3n) is 1.79. The van der Waals surface area contributed by atoms with Crippen molar-refractivity contribution in [2.45, 2.75) is 23.6 Å². The Morgan fingerprint density at radius 3 is 2.50 bits per heavy atom. The normalized spacial score (nSPS) is 10.3. The summed E-state index contributed by atoms with van der Waals surface area (Å²) in [7, 11) is 0. The maximum Gasteiger partial charge on any atom is 0.0502 e. The van der Waals surface area contributed by atoms with Crippen molar-refractivity contribution in [1.82, 2.24) is 0 Å². The van der Waals surface area contributed by atoms with E-state index in [-0.39, 0.29) is 0 Å². The third-order valence-corrected chi connectivity index (χ3v) is 4.00. The van der Waals surface area contributed by atoms with E-state index in [0.717, 1.165) is 8.66 Å². The van der Waals surface area contributed by atoms with Crippen molar-refractivity contribution < 1.29 is 0 Å². The summed E-state index contributed by atoms with van der Waals surface area (Å²) in [6.45, 7) is 4.26. The summed E-state index contributed by atoms with van der Waals surface area (Å²) in [6, 6.07) is 4.34. The molecule has 0 saturated heterocycles. The van der Waals surface area contributed by atoms with E-state index in [9.17, 15) is 0 Å². The monoisotopic (exact) mass is 310 g/mol. The Morgan fingerprint density at radius 2 is 1.92 bits per heavy atom. The molecule has 0 aromatic heterocycles. The minimum Gasteiger partial charge on any atom is -0.142 e. The van der Waals surface area contributed by atoms with Crippen molar-refractivity contribution in [2.75, 3.05) is 3.76 Å². The molecule has 0 radical (unpaired) electrons. The average molecular weight is 310 g/mol. The summed E-state index contributed by atoms with van der Waals surface area (Å²) < 4.78 is 1.08. The van der Waals surface area contributed by atoms with Gasteiger partial charge in [0.1, 0.15) is 0 Å². The molecule has 0 atom stereocenters. The molecule has 0 nitrogen and oxygen atoms in total. The van der Waals surface area contributed by atoms with Gasteiger partial charge in [-0.25, -0.2) is 0 Å². The minimum absolute atomic E-state index is 1.08. The Hall–Kier alpha value is 0.650. The second-order valence-electron chi connectivity index (χ2n) is 2.66. The van der Waals surface area contributed by atoms with Gasteiger partial charge >= 0.3 is 0 Å². The van der Waals surface area contributed by atoms with Gasteiger partial charge in [0, 0.05) is 9.79 Å². The largest absolute Gasteiger partial charge is 0.142 e. The third kappa shape index (κ3) is 2.57. The molecule has 0 unspecified atom stereocenters. The predicted molar refractivity (Wildman–Crippen MR) is 67.9 cm³/mol. The number of halogens is 1. The van der Waals surface area contributed by atoms with Crippen molar-refractivity contribution in [2.24, 2.45) is 0 Å². The van der Waals surface area contributed by atoms with Crippen molar-refractivity contribution >= 4 is 47.0 Å². The quantitative estimate of drug-likeness (QED) is 0.372. The van der Waals surface area contributed by atoms with Crippen LogP contribution in [-0.2, 0) is 0 Å². The molecule has 0 N–H and O–H groups in total. The molecule has 0 aliphatic carbocycles. The zero-order valence-corrected chi connectivity index (χ0v) is 11.0. The van der Waals surface area contributed by atoms with Gasteiger partial charge in [-0.1, -0.05) is 22.6 Å². The lowest BCUT2D eigenvalue weighted by molar-refractivity contribution is 1.17. The second kappa shape index (κ2) is 4.77. The SMILES string of the molecule is Cc1cc(S)c(SCI)cc1C. The molecule has 1 aromatic carbocycles. The van der Waals surface area contributed by atoms with E-state index in [0.29, 0.717) is 0 Å². The zero-order valence-electron chi connectivity index (χ0n) is 7.10. The van der Waals surface area contributed by atoms with Gasteiger partial charge in [-0.2, -0.15) is 0 Å². The van der Waals surface area contributed by atoms with Crippen LogP contribution >= 0.6 is 47.0 Å². The number of benzene rings is 1. The molecule has 0 heterocycles. The molecule has 0 amide bonds. The highest BCUT2D eigenvalue weighted by Crippen LogP contribution is 2.29. The summed E-state index contributed by atoms with van der Waals surface area (Å²) in [4.78, 5) is 2.38. The van der Waals surface area contributed by atoms with Gasteiger partial charge in [0.05, 0.1) is 3.76 Å². The molecule has 12 heavy (non-hydrogen) atoms. The Bertz CT molecular complexity index is 284. The standard InChI is InChI=1S/C9H11IS2/c1-6-3-8(11)9(12-5-10)4-7(6)2/h3-4,11H,5H2,1-2H3. The van der Waals surface area contributed by atoms with Crippen LogP contribution in [0, 0.1) is 13.8 Å². The maximum atomic E-state index is 4.42. The molecule has 0 saturated carbocycles. The molecule has 66 valence electrons. The molecule has 1 aromatic rings. The fourth-order valence-electron chi connectivity index (χ4n) is 0.949. The van der Waals surface area contributed by atoms with Gasteiger partial charge in [0.15, 0.2) is 0 Å². The fourth-order valence-corrected chi connectivity index (χ4v) is 2.99. The highest BCUT2D eigenvalue weighted by molar-refractivity contribution is 14.1. The molecule has 0 fully saturated rings. The van der Waals surface area contributed by atoms with Crippen LogP contribution in [0.15, 0.2) is 21.9 Å². The van der Waals surface area contributed by atoms with Gasteiger partial charge in [0.25, 0.3) is 0 Å². The lowest BCUT2D eigenvalue weighted by atomic mass is 10.1.